The average Bonchev–Trinajstić information content (AvgIpc) is 2.87. The lowest BCUT2D eigenvalue weighted by Crippen LogP contribution is -2.14. The van der Waals surface area contributed by atoms with Gasteiger partial charge in [0.15, 0.2) is 0 Å². The molecule has 0 aliphatic heterocycles. The highest BCUT2D eigenvalue weighted by Crippen LogP contribution is 2.84. The van der Waals surface area contributed by atoms with E-state index in [9.17, 15) is 0 Å². The van der Waals surface area contributed by atoms with Crippen molar-refractivity contribution >= 4 is 6.08 Å². The highest BCUT2D eigenvalue weighted by Gasteiger charge is 2.75. The van der Waals surface area contributed by atoms with Crippen molar-refractivity contribution in [1.82, 2.24) is 0 Å². The maximum absolute atomic E-state index is 2.49. The standard InChI is InChI=1S/C18H20/c1-14-9-12-17-10-5-6-11-18(14,17)16(17)13-15-7-3-2-4-8-15/h2-8,13-14H,9-12H2,1H3/t14-,17+,18-/m0/s1. The Morgan fingerprint density at radius 2 is 1.89 bits per heavy atom. The van der Waals surface area contributed by atoms with Crippen LogP contribution >= 0.6 is 0 Å². The minimum absolute atomic E-state index is 0.539. The van der Waals surface area contributed by atoms with Crippen LogP contribution in [0.25, 0.3) is 6.08 Å². The number of hydrogen-bond acceptors (Lipinski definition) is 0. The quantitative estimate of drug-likeness (QED) is 0.612. The molecule has 92 valence electrons. The maximum Gasteiger partial charge on any atom is 0.00781 e. The van der Waals surface area contributed by atoms with E-state index < -0.39 is 0 Å². The van der Waals surface area contributed by atoms with Crippen LogP contribution in [0.5, 0.6) is 0 Å². The highest BCUT2D eigenvalue weighted by molar-refractivity contribution is 5.67. The number of rotatable bonds is 1. The van der Waals surface area contributed by atoms with E-state index in [1.807, 2.05) is 0 Å². The molecule has 0 amide bonds. The number of allylic oxidation sites excluding steroid dienone is 3. The normalized spacial score (nSPS) is 42.7. The van der Waals surface area contributed by atoms with Crippen LogP contribution in [0.4, 0.5) is 0 Å². The topological polar surface area (TPSA) is 0 Å². The number of benzene rings is 1. The molecule has 1 aromatic carbocycles. The van der Waals surface area contributed by atoms with Gasteiger partial charge in [0, 0.05) is 10.8 Å². The van der Waals surface area contributed by atoms with Gasteiger partial charge < -0.3 is 0 Å². The Labute approximate surface area is 109 Å². The highest BCUT2D eigenvalue weighted by atomic mass is 14.8. The van der Waals surface area contributed by atoms with E-state index in [1.54, 1.807) is 5.57 Å². The van der Waals surface area contributed by atoms with Crippen LogP contribution in [0.2, 0.25) is 0 Å². The summed E-state index contributed by atoms with van der Waals surface area (Å²) >= 11 is 0. The Morgan fingerprint density at radius 1 is 1.11 bits per heavy atom. The van der Waals surface area contributed by atoms with Gasteiger partial charge in [-0.15, -0.1) is 0 Å². The molecular formula is C18H20. The first-order valence-electron chi connectivity index (χ1n) is 7.22. The molecule has 3 aliphatic rings. The zero-order chi connectivity index (χ0) is 12.2. The van der Waals surface area contributed by atoms with E-state index in [-0.39, 0.29) is 0 Å². The lowest BCUT2D eigenvalue weighted by atomic mass is 9.82. The molecule has 1 aromatic rings. The van der Waals surface area contributed by atoms with Crippen LogP contribution < -0.4 is 0 Å². The van der Waals surface area contributed by atoms with Crippen LogP contribution in [0.3, 0.4) is 0 Å². The number of hydrogen-bond donors (Lipinski definition) is 0. The summed E-state index contributed by atoms with van der Waals surface area (Å²) in [6.45, 7) is 2.47. The molecule has 3 aliphatic carbocycles. The predicted octanol–water partition coefficient (Wildman–Crippen LogP) is 4.84. The molecule has 4 rings (SSSR count). The molecule has 0 spiro atoms. The smallest absolute Gasteiger partial charge is 0.00781 e. The summed E-state index contributed by atoms with van der Waals surface area (Å²) in [4.78, 5) is 0. The van der Waals surface area contributed by atoms with Crippen LogP contribution in [-0.4, -0.2) is 0 Å². The van der Waals surface area contributed by atoms with Gasteiger partial charge in [0.05, 0.1) is 0 Å². The van der Waals surface area contributed by atoms with Gasteiger partial charge in [0.2, 0.25) is 0 Å². The van der Waals surface area contributed by atoms with Crippen LogP contribution in [0.1, 0.15) is 38.2 Å². The van der Waals surface area contributed by atoms with Crippen molar-refractivity contribution in [2.24, 2.45) is 16.7 Å². The lowest BCUT2D eigenvalue weighted by molar-refractivity contribution is 0.315. The molecule has 3 atom stereocenters. The van der Waals surface area contributed by atoms with Crippen molar-refractivity contribution in [3.8, 4) is 0 Å². The van der Waals surface area contributed by atoms with Gasteiger partial charge in [-0.25, -0.2) is 0 Å². The van der Waals surface area contributed by atoms with E-state index in [1.165, 1.54) is 31.2 Å². The molecule has 18 heavy (non-hydrogen) atoms. The average molecular weight is 236 g/mol. The molecule has 0 aromatic heterocycles. The summed E-state index contributed by atoms with van der Waals surface area (Å²) in [6.07, 6.45) is 12.7. The molecule has 2 saturated carbocycles. The summed E-state index contributed by atoms with van der Waals surface area (Å²) in [5.41, 5.74) is 4.23. The molecule has 0 bridgehead atoms. The summed E-state index contributed by atoms with van der Waals surface area (Å²) in [5, 5.41) is 0. The van der Waals surface area contributed by atoms with Crippen molar-refractivity contribution in [2.75, 3.05) is 0 Å². The fourth-order valence-electron chi connectivity index (χ4n) is 4.87. The minimum atomic E-state index is 0.539. The first-order chi connectivity index (χ1) is 8.80. The van der Waals surface area contributed by atoms with Crippen molar-refractivity contribution in [1.29, 1.82) is 0 Å². The van der Waals surface area contributed by atoms with Crippen molar-refractivity contribution in [3.63, 3.8) is 0 Å². The van der Waals surface area contributed by atoms with E-state index in [2.05, 4.69) is 55.5 Å². The second-order valence-corrected chi connectivity index (χ2v) is 6.34. The Morgan fingerprint density at radius 3 is 2.67 bits per heavy atom. The fraction of sp³-hybridized carbons (Fsp3) is 0.444. The van der Waals surface area contributed by atoms with E-state index >= 15 is 0 Å². The van der Waals surface area contributed by atoms with Crippen LogP contribution in [0.15, 0.2) is 48.1 Å². The van der Waals surface area contributed by atoms with Crippen LogP contribution in [0, 0.1) is 16.7 Å². The third kappa shape index (κ3) is 1.07. The van der Waals surface area contributed by atoms with Gasteiger partial charge in [0.25, 0.3) is 0 Å². The zero-order valence-electron chi connectivity index (χ0n) is 11.0. The lowest BCUT2D eigenvalue weighted by Gasteiger charge is -2.22. The minimum Gasteiger partial charge on any atom is -0.0876 e. The molecule has 2 fully saturated rings. The summed E-state index contributed by atoms with van der Waals surface area (Å²) in [7, 11) is 0. The van der Waals surface area contributed by atoms with Crippen molar-refractivity contribution in [3.05, 3.63) is 53.6 Å². The van der Waals surface area contributed by atoms with Gasteiger partial charge in [0.1, 0.15) is 0 Å². The second kappa shape index (κ2) is 3.38. The van der Waals surface area contributed by atoms with Crippen molar-refractivity contribution in [2.45, 2.75) is 32.6 Å². The Kier molecular flexibility index (Phi) is 1.99. The molecule has 0 unspecified atom stereocenters. The van der Waals surface area contributed by atoms with E-state index in [0.717, 1.165) is 5.92 Å². The van der Waals surface area contributed by atoms with E-state index in [4.69, 9.17) is 0 Å². The molecule has 0 saturated heterocycles. The zero-order valence-corrected chi connectivity index (χ0v) is 11.0. The van der Waals surface area contributed by atoms with Gasteiger partial charge in [-0.1, -0.05) is 61.1 Å². The van der Waals surface area contributed by atoms with E-state index in [0.29, 0.717) is 10.8 Å². The summed E-state index contributed by atoms with van der Waals surface area (Å²) in [5.74, 6) is 0.873. The molecule has 0 heterocycles. The molecule has 0 radical (unpaired) electrons. The predicted molar refractivity (Wildman–Crippen MR) is 76.1 cm³/mol. The Bertz CT molecular complexity index is 536. The monoisotopic (exact) mass is 236 g/mol. The van der Waals surface area contributed by atoms with Gasteiger partial charge >= 0.3 is 0 Å². The largest absolute Gasteiger partial charge is 0.0876 e. The molecular weight excluding hydrogens is 216 g/mol. The molecule has 0 nitrogen and oxygen atoms in total. The first kappa shape index (κ1) is 10.6. The van der Waals surface area contributed by atoms with Crippen molar-refractivity contribution < 1.29 is 0 Å². The maximum atomic E-state index is 2.49. The third-order valence-electron chi connectivity index (χ3n) is 5.82. The molecule has 0 heteroatoms. The Balaban J connectivity index is 1.79. The Hall–Kier alpha value is -1.30. The summed E-state index contributed by atoms with van der Waals surface area (Å²) < 4.78 is 0. The second-order valence-electron chi connectivity index (χ2n) is 6.34. The first-order valence-corrected chi connectivity index (χ1v) is 7.22. The summed E-state index contributed by atoms with van der Waals surface area (Å²) in [6, 6.07) is 10.9. The van der Waals surface area contributed by atoms with Gasteiger partial charge in [-0.2, -0.15) is 0 Å². The van der Waals surface area contributed by atoms with Gasteiger partial charge in [-0.3, -0.25) is 0 Å². The van der Waals surface area contributed by atoms with Gasteiger partial charge in [-0.05, 0) is 37.2 Å². The molecule has 0 N–H and O–H groups in total. The van der Waals surface area contributed by atoms with Crippen LogP contribution in [-0.2, 0) is 0 Å². The fourth-order valence-corrected chi connectivity index (χ4v) is 4.87. The third-order valence-corrected chi connectivity index (χ3v) is 5.82. The SMILES string of the molecule is C[C@H]1CC[C@@]23CC=CC[C@@]12C3=Cc1ccccc1.